The Labute approximate surface area is 573 Å². The molecular weight excluding hydrogens is 1120 g/mol. The van der Waals surface area contributed by atoms with Crippen molar-refractivity contribution in [1.29, 1.82) is 0 Å². The van der Waals surface area contributed by atoms with Crippen molar-refractivity contribution >= 4 is 0 Å². The van der Waals surface area contributed by atoms with E-state index in [1.165, 1.54) is 270 Å². The lowest BCUT2D eigenvalue weighted by Gasteiger charge is -2.04. The van der Waals surface area contributed by atoms with Crippen molar-refractivity contribution < 1.29 is 0 Å². The van der Waals surface area contributed by atoms with Gasteiger partial charge in [-0.2, -0.15) is 0 Å². The molecule has 0 heteroatoms. The summed E-state index contributed by atoms with van der Waals surface area (Å²) in [6.45, 7) is 8.70. The summed E-state index contributed by atoms with van der Waals surface area (Å²) in [5.74, 6) is 108. The molecule has 0 fully saturated rings. The van der Waals surface area contributed by atoms with Crippen LogP contribution in [0.3, 0.4) is 0 Å². The van der Waals surface area contributed by atoms with Gasteiger partial charge < -0.3 is 0 Å². The lowest BCUT2D eigenvalue weighted by molar-refractivity contribution is 0.506. The van der Waals surface area contributed by atoms with Crippen LogP contribution < -0.4 is 0 Å². The molecule has 0 saturated heterocycles. The SMILES string of the molecule is C#CC#CC#CC#CC#CC#CC#CC#CC#CC#CC#CC#CC#CC#CC#CC#CC#CC#CC#CC#CC#CC#CC.CCCCCCCCCCCCCCCCCCCCCCCCCCCCCCCC/C=C/CCCCCCCCCCCC(C)C. The molecule has 0 radical (unpaired) electrons. The van der Waals surface area contributed by atoms with Gasteiger partial charge in [-0.1, -0.05) is 283 Å². The Morgan fingerprint density at radius 3 is 0.516 bits per heavy atom. The molecule has 0 aromatic rings. The first kappa shape index (κ1) is 85.1. The van der Waals surface area contributed by atoms with Crippen LogP contribution in [0.1, 0.15) is 297 Å². The molecule has 93 heavy (non-hydrogen) atoms. The van der Waals surface area contributed by atoms with Gasteiger partial charge in [0.15, 0.2) is 0 Å². The Hall–Kier alpha value is -9.94. The normalized spacial score (nSPS) is 8.04. The average molecular weight is 1220 g/mol. The van der Waals surface area contributed by atoms with E-state index in [0.717, 1.165) is 5.92 Å². The van der Waals surface area contributed by atoms with E-state index in [1.807, 2.05) is 0 Å². The van der Waals surface area contributed by atoms with E-state index in [0.29, 0.717) is 0 Å². The van der Waals surface area contributed by atoms with E-state index in [-0.39, 0.29) is 0 Å². The third-order valence-corrected chi connectivity index (χ3v) is 13.7. The summed E-state index contributed by atoms with van der Waals surface area (Å²) >= 11 is 0. The van der Waals surface area contributed by atoms with Gasteiger partial charge in [0.05, 0.1) is 0 Å². The van der Waals surface area contributed by atoms with Gasteiger partial charge in [0.25, 0.3) is 0 Å². The second kappa shape index (κ2) is 84.1. The molecule has 0 nitrogen and oxygen atoms in total. The molecule has 0 aliphatic rings. The monoisotopic (exact) mass is 1220 g/mol. The quantitative estimate of drug-likeness (QED) is 0.0324. The fraction of sp³-hybridized carbons (Fsp3) is 0.505. The number of rotatable bonds is 43. The molecule has 0 bridgehead atoms. The first-order chi connectivity index (χ1) is 46.2. The van der Waals surface area contributed by atoms with Gasteiger partial charge in [-0.15, -0.1) is 6.42 Å². The fourth-order valence-electron chi connectivity index (χ4n) is 8.89. The largest absolute Gasteiger partial charge is 0.106 e. The zero-order chi connectivity index (χ0) is 67.1. The highest BCUT2D eigenvalue weighted by atomic mass is 14.0. The van der Waals surface area contributed by atoms with Crippen LogP contribution >= 0.6 is 0 Å². The third-order valence-electron chi connectivity index (χ3n) is 13.7. The smallest absolute Gasteiger partial charge is 0 e. The fourth-order valence-corrected chi connectivity index (χ4v) is 8.89. The first-order valence-electron chi connectivity index (χ1n) is 34.7. The third kappa shape index (κ3) is 88.6. The highest BCUT2D eigenvalue weighted by molar-refractivity contribution is 5.50. The molecule has 0 unspecified atom stereocenters. The van der Waals surface area contributed by atoms with Crippen LogP contribution in [0.15, 0.2) is 12.2 Å². The number of allylic oxidation sites excluding steroid dienone is 2. The van der Waals surface area contributed by atoms with E-state index in [9.17, 15) is 0 Å². The topological polar surface area (TPSA) is 0 Å². The van der Waals surface area contributed by atoms with Gasteiger partial charge in [-0.25, -0.2) is 0 Å². The lowest BCUT2D eigenvalue weighted by Crippen LogP contribution is -1.87. The van der Waals surface area contributed by atoms with Crippen LogP contribution in [0.5, 0.6) is 0 Å². The molecule has 0 N–H and O–H groups in total. The molecule has 0 aromatic heterocycles. The van der Waals surface area contributed by atoms with E-state index in [2.05, 4.69) is 288 Å². The molecular formula is C93H100. The summed E-state index contributed by atoms with van der Waals surface area (Å²) in [5, 5.41) is 0. The van der Waals surface area contributed by atoms with E-state index >= 15 is 0 Å². The van der Waals surface area contributed by atoms with Crippen molar-refractivity contribution in [2.45, 2.75) is 297 Å². The Balaban J connectivity index is 0. The van der Waals surface area contributed by atoms with E-state index in [4.69, 9.17) is 6.42 Å². The minimum atomic E-state index is 0.890. The van der Waals surface area contributed by atoms with E-state index in [1.54, 1.807) is 6.92 Å². The number of hydrogen-bond acceptors (Lipinski definition) is 0. The molecule has 0 amide bonds. The average Bonchev–Trinajstić information content (AvgIpc) is 3.57. The van der Waals surface area contributed by atoms with Crippen LogP contribution in [0.4, 0.5) is 0 Å². The summed E-state index contributed by atoms with van der Waals surface area (Å²) in [5.41, 5.74) is 0. The summed E-state index contributed by atoms with van der Waals surface area (Å²) in [6.07, 6.45) is 71.4. The van der Waals surface area contributed by atoms with Gasteiger partial charge in [-0.3, -0.25) is 0 Å². The summed E-state index contributed by atoms with van der Waals surface area (Å²) < 4.78 is 0. The molecule has 472 valence electrons. The van der Waals surface area contributed by atoms with Gasteiger partial charge in [0, 0.05) is 154 Å². The number of terminal acetylenes is 1. The first-order valence-corrected chi connectivity index (χ1v) is 34.7. The maximum Gasteiger partial charge on any atom is 0 e. The molecule has 0 aliphatic carbocycles. The minimum Gasteiger partial charge on any atom is -0.106 e. The van der Waals surface area contributed by atoms with Gasteiger partial charge in [0.2, 0.25) is 0 Å². The Kier molecular flexibility index (Phi) is 77.0. The lowest BCUT2D eigenvalue weighted by atomic mass is 10.0. The minimum absolute atomic E-state index is 0.890. The maximum absolute atomic E-state index is 4.93. The highest BCUT2D eigenvalue weighted by Crippen LogP contribution is 2.18. The second-order valence-corrected chi connectivity index (χ2v) is 22.2. The number of unbranched alkanes of at least 4 members (excludes halogenated alkanes) is 39. The molecule has 0 aromatic carbocycles. The predicted molar refractivity (Wildman–Crippen MR) is 401 cm³/mol. The van der Waals surface area contributed by atoms with Crippen LogP contribution in [0.25, 0.3) is 0 Å². The molecule has 0 rings (SSSR count). The van der Waals surface area contributed by atoms with Crippen molar-refractivity contribution in [1.82, 2.24) is 0 Å². The van der Waals surface area contributed by atoms with Crippen molar-refractivity contribution in [2.24, 2.45) is 5.92 Å². The predicted octanol–water partition coefficient (Wildman–Crippen LogP) is 19.3. The molecule has 0 atom stereocenters. The Morgan fingerprint density at radius 1 is 0.204 bits per heavy atom. The Bertz CT molecular complexity index is 3570. The van der Waals surface area contributed by atoms with E-state index < -0.39 is 0 Å². The second-order valence-electron chi connectivity index (χ2n) is 22.2. The summed E-state index contributed by atoms with van der Waals surface area (Å²) in [4.78, 5) is 0. The van der Waals surface area contributed by atoms with Crippen LogP contribution in [-0.2, 0) is 0 Å². The molecule has 0 saturated carbocycles. The maximum atomic E-state index is 4.93. The van der Waals surface area contributed by atoms with Crippen LogP contribution in [0.2, 0.25) is 0 Å². The van der Waals surface area contributed by atoms with Crippen molar-refractivity contribution in [3.63, 3.8) is 0 Å². The van der Waals surface area contributed by atoms with Crippen molar-refractivity contribution in [3.8, 4) is 261 Å². The summed E-state index contributed by atoms with van der Waals surface area (Å²) in [6, 6.07) is 0. The van der Waals surface area contributed by atoms with Crippen LogP contribution in [-0.4, -0.2) is 0 Å². The standard InChI is InChI=1S/C48H96.C45H4/c1-4-5-6-7-8-9-10-11-12-13-14-15-16-17-18-19-20-21-22-23-24-25-26-27-28-29-30-31-32-33-34-35-36-37-38-39-40-41-42-43-44-45-46-47-48(2)3;1-3-5-7-9-11-13-15-17-19-21-23-25-27-29-31-33-35-37-39-41-43-45-44-42-40-38-36-34-32-30-28-26-24-22-20-18-16-14-12-10-8-6-4-2/h35-36,48H,4-34,37-47H2,1-3H3;1H,2H3/b36-35+;. The molecule has 0 heterocycles. The molecule has 0 aliphatic heterocycles. The Morgan fingerprint density at radius 2 is 0.355 bits per heavy atom. The highest BCUT2D eigenvalue weighted by Gasteiger charge is 1.98. The zero-order valence-electron chi connectivity index (χ0n) is 57.5. The zero-order valence-corrected chi connectivity index (χ0v) is 57.5. The van der Waals surface area contributed by atoms with Crippen molar-refractivity contribution in [2.75, 3.05) is 0 Å². The number of hydrogen-bond donors (Lipinski definition) is 0. The van der Waals surface area contributed by atoms with Crippen molar-refractivity contribution in [3.05, 3.63) is 12.2 Å². The van der Waals surface area contributed by atoms with Gasteiger partial charge in [-0.05, 0) is 133 Å². The van der Waals surface area contributed by atoms with Gasteiger partial charge >= 0.3 is 0 Å². The molecule has 0 spiro atoms. The van der Waals surface area contributed by atoms with Gasteiger partial charge in [0.1, 0.15) is 0 Å². The van der Waals surface area contributed by atoms with Crippen LogP contribution in [0, 0.1) is 267 Å². The summed E-state index contributed by atoms with van der Waals surface area (Å²) in [7, 11) is 0.